The number of carbonyl (C=O) groups is 2. The van der Waals surface area contributed by atoms with E-state index in [0.717, 1.165) is 16.7 Å². The summed E-state index contributed by atoms with van der Waals surface area (Å²) in [5.41, 5.74) is 2.99. The van der Waals surface area contributed by atoms with Gasteiger partial charge in [-0.25, -0.2) is 4.79 Å². The van der Waals surface area contributed by atoms with Gasteiger partial charge in [0.15, 0.2) is 0 Å². The van der Waals surface area contributed by atoms with Crippen molar-refractivity contribution in [3.8, 4) is 0 Å². The molecule has 0 radical (unpaired) electrons. The fourth-order valence-corrected chi connectivity index (χ4v) is 2.27. The summed E-state index contributed by atoms with van der Waals surface area (Å²) >= 11 is 0. The average Bonchev–Trinajstić information content (AvgIpc) is 2.68. The second kappa shape index (κ2) is 10.7. The predicted octanol–water partition coefficient (Wildman–Crippen LogP) is 3.30. The van der Waals surface area contributed by atoms with Crippen LogP contribution in [0.5, 0.6) is 0 Å². The minimum Gasteiger partial charge on any atom is -0.445 e. The van der Waals surface area contributed by atoms with Gasteiger partial charge in [-0.3, -0.25) is 4.79 Å². The van der Waals surface area contributed by atoms with Crippen molar-refractivity contribution >= 4 is 18.1 Å². The number of nitrogens with one attached hydrogen (secondary N) is 2. The fraction of sp³-hybridized carbons (Fsp3) is 0.238. The van der Waals surface area contributed by atoms with E-state index >= 15 is 0 Å². The van der Waals surface area contributed by atoms with Crippen molar-refractivity contribution in [2.75, 3.05) is 13.6 Å². The fourth-order valence-electron chi connectivity index (χ4n) is 2.27. The molecule has 0 aliphatic rings. The van der Waals surface area contributed by atoms with E-state index in [1.165, 1.54) is 0 Å². The number of likely N-dealkylation sites (N-methyl/N-ethyl adjacent to an activating group) is 1. The lowest BCUT2D eigenvalue weighted by atomic mass is 10.1. The predicted molar refractivity (Wildman–Crippen MR) is 102 cm³/mol. The first-order valence-corrected chi connectivity index (χ1v) is 8.58. The second-order valence-corrected chi connectivity index (χ2v) is 5.77. The van der Waals surface area contributed by atoms with Crippen LogP contribution in [0.25, 0.3) is 6.08 Å². The number of ether oxygens (including phenoxy) is 1. The lowest BCUT2D eigenvalue weighted by Gasteiger charge is -2.06. The van der Waals surface area contributed by atoms with E-state index < -0.39 is 6.09 Å². The van der Waals surface area contributed by atoms with Crippen molar-refractivity contribution in [2.45, 2.75) is 19.4 Å². The molecule has 0 aliphatic heterocycles. The molecule has 2 rings (SSSR count). The average molecular weight is 352 g/mol. The Kier molecular flexibility index (Phi) is 7.93. The van der Waals surface area contributed by atoms with E-state index in [2.05, 4.69) is 10.6 Å². The molecule has 26 heavy (non-hydrogen) atoms. The molecule has 136 valence electrons. The van der Waals surface area contributed by atoms with Gasteiger partial charge in [0, 0.05) is 13.6 Å². The SMILES string of the molecule is CNC(=O)Cc1ccc(C=CCCNC(=O)OCc2ccccc2)cc1. The summed E-state index contributed by atoms with van der Waals surface area (Å²) in [4.78, 5) is 22.9. The van der Waals surface area contributed by atoms with Crippen LogP contribution in [0.4, 0.5) is 4.79 Å². The first kappa shape index (κ1) is 19.2. The number of benzene rings is 2. The molecule has 0 aliphatic carbocycles. The largest absolute Gasteiger partial charge is 0.445 e. The van der Waals surface area contributed by atoms with Crippen molar-refractivity contribution in [3.05, 3.63) is 77.4 Å². The first-order valence-electron chi connectivity index (χ1n) is 8.58. The van der Waals surface area contributed by atoms with Crippen molar-refractivity contribution < 1.29 is 14.3 Å². The van der Waals surface area contributed by atoms with Gasteiger partial charge >= 0.3 is 6.09 Å². The Morgan fingerprint density at radius 1 is 1.00 bits per heavy atom. The maximum atomic E-state index is 11.6. The van der Waals surface area contributed by atoms with E-state index in [9.17, 15) is 9.59 Å². The number of alkyl carbamates (subject to hydrolysis) is 1. The van der Waals surface area contributed by atoms with Crippen LogP contribution in [-0.4, -0.2) is 25.6 Å². The Balaban J connectivity index is 1.64. The van der Waals surface area contributed by atoms with Gasteiger partial charge in [0.05, 0.1) is 6.42 Å². The van der Waals surface area contributed by atoms with Crippen LogP contribution in [0.3, 0.4) is 0 Å². The summed E-state index contributed by atoms with van der Waals surface area (Å²) in [5.74, 6) is -0.00137. The number of rotatable bonds is 8. The first-order chi connectivity index (χ1) is 12.7. The number of carbonyl (C=O) groups excluding carboxylic acids is 2. The molecule has 0 saturated heterocycles. The van der Waals surface area contributed by atoms with Gasteiger partial charge in [-0.15, -0.1) is 0 Å². The summed E-state index contributed by atoms with van der Waals surface area (Å²) in [6.45, 7) is 0.782. The maximum absolute atomic E-state index is 11.6. The zero-order valence-electron chi connectivity index (χ0n) is 14.9. The summed E-state index contributed by atoms with van der Waals surface area (Å²) < 4.78 is 5.14. The van der Waals surface area contributed by atoms with Crippen molar-refractivity contribution in [2.24, 2.45) is 0 Å². The monoisotopic (exact) mass is 352 g/mol. The highest BCUT2D eigenvalue weighted by molar-refractivity contribution is 5.78. The van der Waals surface area contributed by atoms with Gasteiger partial charge in [0.25, 0.3) is 0 Å². The van der Waals surface area contributed by atoms with Crippen molar-refractivity contribution in [1.82, 2.24) is 10.6 Å². The lowest BCUT2D eigenvalue weighted by Crippen LogP contribution is -2.24. The normalized spacial score (nSPS) is 10.5. The molecule has 0 atom stereocenters. The molecule has 2 aromatic carbocycles. The van der Waals surface area contributed by atoms with E-state index in [0.29, 0.717) is 19.4 Å². The lowest BCUT2D eigenvalue weighted by molar-refractivity contribution is -0.119. The van der Waals surface area contributed by atoms with Crippen LogP contribution in [-0.2, 0) is 22.6 Å². The minimum atomic E-state index is -0.416. The molecule has 0 fully saturated rings. The van der Waals surface area contributed by atoms with Crippen LogP contribution >= 0.6 is 0 Å². The third-order valence-electron chi connectivity index (χ3n) is 3.73. The van der Waals surface area contributed by atoms with Crippen molar-refractivity contribution in [3.63, 3.8) is 0 Å². The maximum Gasteiger partial charge on any atom is 0.407 e. The van der Waals surface area contributed by atoms with Gasteiger partial charge in [0.1, 0.15) is 6.61 Å². The van der Waals surface area contributed by atoms with E-state index in [1.807, 2.05) is 66.7 Å². The Hall–Kier alpha value is -3.08. The standard InChI is InChI=1S/C21H24N2O3/c1-22-20(24)15-18-12-10-17(11-13-18)7-5-6-14-23-21(25)26-16-19-8-3-2-4-9-19/h2-5,7-13H,6,14-16H2,1H3,(H,22,24)(H,23,25). The highest BCUT2D eigenvalue weighted by atomic mass is 16.5. The molecular formula is C21H24N2O3. The molecule has 5 heteroatoms. The highest BCUT2D eigenvalue weighted by Crippen LogP contribution is 2.07. The van der Waals surface area contributed by atoms with Crippen LogP contribution in [0.1, 0.15) is 23.1 Å². The molecule has 0 heterocycles. The van der Waals surface area contributed by atoms with E-state index in [4.69, 9.17) is 4.74 Å². The molecule has 5 nitrogen and oxygen atoms in total. The van der Waals surface area contributed by atoms with Crippen LogP contribution in [0.15, 0.2) is 60.7 Å². The molecule has 0 aromatic heterocycles. The number of hydrogen-bond acceptors (Lipinski definition) is 3. The molecule has 2 N–H and O–H groups in total. The smallest absolute Gasteiger partial charge is 0.407 e. The topological polar surface area (TPSA) is 67.4 Å². The minimum absolute atomic E-state index is 0.00137. The quantitative estimate of drug-likeness (QED) is 0.716. The molecule has 2 aromatic rings. The Bertz CT molecular complexity index is 725. The number of hydrogen-bond donors (Lipinski definition) is 2. The Morgan fingerprint density at radius 2 is 1.73 bits per heavy atom. The van der Waals surface area contributed by atoms with Crippen molar-refractivity contribution in [1.29, 1.82) is 0 Å². The summed E-state index contributed by atoms with van der Waals surface area (Å²) in [5, 5.41) is 5.33. The van der Waals surface area contributed by atoms with E-state index in [-0.39, 0.29) is 12.5 Å². The van der Waals surface area contributed by atoms with Gasteiger partial charge in [0.2, 0.25) is 5.91 Å². The zero-order valence-corrected chi connectivity index (χ0v) is 14.9. The second-order valence-electron chi connectivity index (χ2n) is 5.77. The summed E-state index contributed by atoms with van der Waals surface area (Å²) in [6, 6.07) is 17.4. The molecule has 2 amide bonds. The molecule has 0 unspecified atom stereocenters. The zero-order chi connectivity index (χ0) is 18.6. The van der Waals surface area contributed by atoms with E-state index in [1.54, 1.807) is 7.05 Å². The number of amides is 2. The Labute approximate surface area is 154 Å². The van der Waals surface area contributed by atoms with Gasteiger partial charge in [-0.05, 0) is 23.1 Å². The van der Waals surface area contributed by atoms with Crippen LogP contribution in [0, 0.1) is 0 Å². The third kappa shape index (κ3) is 7.21. The summed E-state index contributed by atoms with van der Waals surface area (Å²) in [7, 11) is 1.63. The van der Waals surface area contributed by atoms with Gasteiger partial charge < -0.3 is 15.4 Å². The van der Waals surface area contributed by atoms with Gasteiger partial charge in [-0.2, -0.15) is 0 Å². The molecule has 0 saturated carbocycles. The Morgan fingerprint density at radius 3 is 2.42 bits per heavy atom. The molecular weight excluding hydrogens is 328 g/mol. The third-order valence-corrected chi connectivity index (χ3v) is 3.73. The highest BCUT2D eigenvalue weighted by Gasteiger charge is 2.01. The van der Waals surface area contributed by atoms with Gasteiger partial charge in [-0.1, -0.05) is 66.7 Å². The molecule has 0 spiro atoms. The molecule has 0 bridgehead atoms. The van der Waals surface area contributed by atoms with Crippen LogP contribution in [0.2, 0.25) is 0 Å². The van der Waals surface area contributed by atoms with Crippen LogP contribution < -0.4 is 10.6 Å². The summed E-state index contributed by atoms with van der Waals surface area (Å²) in [6.07, 6.45) is 4.66.